The van der Waals surface area contributed by atoms with E-state index in [0.717, 1.165) is 30.8 Å². The molecule has 1 aliphatic rings. The van der Waals surface area contributed by atoms with Crippen LogP contribution in [0.3, 0.4) is 0 Å². The van der Waals surface area contributed by atoms with Gasteiger partial charge in [0.25, 0.3) is 0 Å². The van der Waals surface area contributed by atoms with E-state index in [1.54, 1.807) is 29.2 Å². The lowest BCUT2D eigenvalue weighted by atomic mass is 9.87. The fraction of sp³-hybridized carbons (Fsp3) is 0.476. The van der Waals surface area contributed by atoms with Crippen molar-refractivity contribution in [1.82, 2.24) is 14.9 Å². The van der Waals surface area contributed by atoms with Gasteiger partial charge in [-0.15, -0.1) is 0 Å². The van der Waals surface area contributed by atoms with Crippen LogP contribution in [-0.4, -0.2) is 63.2 Å². The maximum absolute atomic E-state index is 14.2. The molecule has 4 N–H and O–H groups in total. The summed E-state index contributed by atoms with van der Waals surface area (Å²) in [6, 6.07) is 6.67. The predicted molar refractivity (Wildman–Crippen MR) is 124 cm³/mol. The van der Waals surface area contributed by atoms with Gasteiger partial charge < -0.3 is 26.0 Å². The fourth-order valence-corrected chi connectivity index (χ4v) is 3.91. The highest BCUT2D eigenvalue weighted by Gasteiger charge is 2.25. The van der Waals surface area contributed by atoms with Gasteiger partial charge >= 0.3 is 6.03 Å². The zero-order chi connectivity index (χ0) is 22.4. The van der Waals surface area contributed by atoms with E-state index in [4.69, 9.17) is 0 Å². The number of benzene rings is 1. The first-order chi connectivity index (χ1) is 14.8. The van der Waals surface area contributed by atoms with E-state index in [-0.39, 0.29) is 35.9 Å². The number of aliphatic hydroxyl groups is 1. The lowest BCUT2D eigenvalue weighted by molar-refractivity contribution is 0.201. The number of carbonyl (C=O) groups excluding carboxylic acids is 1. The number of rotatable bonds is 6. The van der Waals surface area contributed by atoms with Gasteiger partial charge in [0, 0.05) is 36.0 Å². The molecule has 0 aliphatic carbocycles. The van der Waals surface area contributed by atoms with Crippen LogP contribution in [0.4, 0.5) is 32.3 Å². The monoisotopic (exact) mass is 448 g/mol. The molecule has 8 nitrogen and oxygen atoms in total. The van der Waals surface area contributed by atoms with Crippen LogP contribution in [0.5, 0.6) is 0 Å². The summed E-state index contributed by atoms with van der Waals surface area (Å²) in [5.74, 6) is 1.50. The van der Waals surface area contributed by atoms with Crippen molar-refractivity contribution in [1.29, 1.82) is 0 Å². The quantitative estimate of drug-likeness (QED) is 0.534. The number of hydrogen-bond acceptors (Lipinski definition) is 7. The third-order valence-corrected chi connectivity index (χ3v) is 5.89. The molecule has 168 valence electrons. The van der Waals surface area contributed by atoms with Crippen molar-refractivity contribution >= 4 is 40.9 Å². The molecule has 1 fully saturated rings. The number of hydrogen-bond donors (Lipinski definition) is 4. The summed E-state index contributed by atoms with van der Waals surface area (Å²) in [5.41, 5.74) is 1.00. The van der Waals surface area contributed by atoms with Crippen LogP contribution >= 0.6 is 11.8 Å². The third-order valence-electron chi connectivity index (χ3n) is 4.95. The Morgan fingerprint density at radius 3 is 2.68 bits per heavy atom. The van der Waals surface area contributed by atoms with Gasteiger partial charge in [0.05, 0.1) is 18.8 Å². The molecule has 1 atom stereocenters. The molecule has 3 rings (SSSR count). The second-order valence-corrected chi connectivity index (χ2v) is 9.60. The third kappa shape index (κ3) is 6.44. The average Bonchev–Trinajstić information content (AvgIpc) is 2.74. The number of carbonyl (C=O) groups is 1. The maximum atomic E-state index is 14.2. The normalized spacial score (nSPS) is 15.3. The van der Waals surface area contributed by atoms with Crippen LogP contribution < -0.4 is 16.0 Å². The van der Waals surface area contributed by atoms with Crippen LogP contribution in [0.1, 0.15) is 20.8 Å². The summed E-state index contributed by atoms with van der Waals surface area (Å²) >= 11 is 1.84. The Morgan fingerprint density at radius 2 is 2.00 bits per heavy atom. The number of aromatic nitrogens is 2. The number of halogens is 1. The SMILES string of the molecule is CC(C)(C)[C@@H](CO)Nc1nc(Nc2cccc(NC(=O)N3CCSCC3)c2)ncc1F. The lowest BCUT2D eigenvalue weighted by Gasteiger charge is -2.30. The minimum atomic E-state index is -0.603. The van der Waals surface area contributed by atoms with Crippen molar-refractivity contribution in [3.05, 3.63) is 36.3 Å². The molecule has 10 heteroatoms. The summed E-state index contributed by atoms with van der Waals surface area (Å²) in [4.78, 5) is 22.4. The van der Waals surface area contributed by atoms with Gasteiger partial charge in [0.2, 0.25) is 5.95 Å². The largest absolute Gasteiger partial charge is 0.394 e. The lowest BCUT2D eigenvalue weighted by Crippen LogP contribution is -2.40. The summed E-state index contributed by atoms with van der Waals surface area (Å²) in [5, 5.41) is 18.5. The van der Waals surface area contributed by atoms with Crippen LogP contribution in [0.15, 0.2) is 30.5 Å². The summed E-state index contributed by atoms with van der Waals surface area (Å²) in [6.07, 6.45) is 1.08. The van der Waals surface area contributed by atoms with E-state index in [1.165, 1.54) is 0 Å². The number of nitrogens with one attached hydrogen (secondary N) is 3. The molecular formula is C21H29FN6O2S. The van der Waals surface area contributed by atoms with Crippen molar-refractivity contribution in [2.45, 2.75) is 26.8 Å². The van der Waals surface area contributed by atoms with Crippen molar-refractivity contribution in [3.8, 4) is 0 Å². The van der Waals surface area contributed by atoms with Gasteiger partial charge in [-0.05, 0) is 23.6 Å². The van der Waals surface area contributed by atoms with Gasteiger partial charge in [-0.25, -0.2) is 14.2 Å². The standard InChI is InChI=1S/C21H29FN6O2S/c1-21(2,3)17(13-29)26-18-16(22)12-23-19(27-18)24-14-5-4-6-15(11-14)25-20(30)28-7-9-31-10-8-28/h4-6,11-12,17,29H,7-10,13H2,1-3H3,(H,25,30)(H2,23,24,26,27)/t17-/m1/s1. The Hall–Kier alpha value is -2.59. The Balaban J connectivity index is 1.69. The number of anilines is 4. The zero-order valence-corrected chi connectivity index (χ0v) is 18.8. The Morgan fingerprint density at radius 1 is 1.29 bits per heavy atom. The molecule has 0 spiro atoms. The average molecular weight is 449 g/mol. The van der Waals surface area contributed by atoms with Crippen molar-refractivity contribution in [2.24, 2.45) is 5.41 Å². The number of amides is 2. The molecular weight excluding hydrogens is 419 g/mol. The first-order valence-electron chi connectivity index (χ1n) is 10.2. The number of urea groups is 1. The van der Waals surface area contributed by atoms with Gasteiger partial charge in [-0.2, -0.15) is 16.7 Å². The predicted octanol–water partition coefficient (Wildman–Crippen LogP) is 3.76. The van der Waals surface area contributed by atoms with Gasteiger partial charge in [0.15, 0.2) is 11.6 Å². The van der Waals surface area contributed by atoms with Crippen LogP contribution in [0, 0.1) is 11.2 Å². The second kappa shape index (κ2) is 10.1. The molecule has 1 aromatic carbocycles. The van der Waals surface area contributed by atoms with Crippen molar-refractivity contribution < 1.29 is 14.3 Å². The molecule has 1 aromatic heterocycles. The Bertz CT molecular complexity index is 902. The summed E-state index contributed by atoms with van der Waals surface area (Å²) in [7, 11) is 0. The molecule has 1 aliphatic heterocycles. The highest BCUT2D eigenvalue weighted by atomic mass is 32.2. The van der Waals surface area contributed by atoms with Gasteiger partial charge in [-0.1, -0.05) is 26.8 Å². The van der Waals surface area contributed by atoms with Crippen LogP contribution in [-0.2, 0) is 0 Å². The van der Waals surface area contributed by atoms with E-state index < -0.39 is 5.82 Å². The molecule has 0 unspecified atom stereocenters. The highest BCUT2D eigenvalue weighted by molar-refractivity contribution is 7.99. The maximum Gasteiger partial charge on any atom is 0.321 e. The number of thioether (sulfide) groups is 1. The second-order valence-electron chi connectivity index (χ2n) is 8.37. The van der Waals surface area contributed by atoms with Gasteiger partial charge in [0.1, 0.15) is 0 Å². The minimum Gasteiger partial charge on any atom is -0.394 e. The van der Waals surface area contributed by atoms with Crippen molar-refractivity contribution in [3.63, 3.8) is 0 Å². The zero-order valence-electron chi connectivity index (χ0n) is 18.0. The smallest absolute Gasteiger partial charge is 0.321 e. The number of nitrogens with zero attached hydrogens (tertiary/aromatic N) is 3. The number of aliphatic hydroxyl groups excluding tert-OH is 1. The Labute approximate surface area is 186 Å². The fourth-order valence-electron chi connectivity index (χ4n) is 3.00. The molecule has 0 radical (unpaired) electrons. The van der Waals surface area contributed by atoms with Gasteiger partial charge in [-0.3, -0.25) is 0 Å². The summed E-state index contributed by atoms with van der Waals surface area (Å²) in [6.45, 7) is 7.15. The molecule has 31 heavy (non-hydrogen) atoms. The highest BCUT2D eigenvalue weighted by Crippen LogP contribution is 2.25. The van der Waals surface area contributed by atoms with E-state index in [2.05, 4.69) is 25.9 Å². The molecule has 2 aromatic rings. The van der Waals surface area contributed by atoms with E-state index >= 15 is 0 Å². The first-order valence-corrected chi connectivity index (χ1v) is 11.3. The summed E-state index contributed by atoms with van der Waals surface area (Å²) < 4.78 is 14.2. The van der Waals surface area contributed by atoms with Crippen molar-refractivity contribution in [2.75, 3.05) is 47.2 Å². The van der Waals surface area contributed by atoms with E-state index in [0.29, 0.717) is 11.4 Å². The molecule has 2 heterocycles. The van der Waals surface area contributed by atoms with Crippen LogP contribution in [0.25, 0.3) is 0 Å². The molecule has 1 saturated heterocycles. The van der Waals surface area contributed by atoms with E-state index in [9.17, 15) is 14.3 Å². The first kappa shape index (κ1) is 23.1. The Kier molecular flexibility index (Phi) is 7.55. The molecule has 0 saturated carbocycles. The van der Waals surface area contributed by atoms with Crippen LogP contribution in [0.2, 0.25) is 0 Å². The molecule has 0 bridgehead atoms. The minimum absolute atomic E-state index is 0.0129. The van der Waals surface area contributed by atoms with E-state index in [1.807, 2.05) is 32.5 Å². The topological polar surface area (TPSA) is 102 Å². The molecule has 2 amide bonds.